The summed E-state index contributed by atoms with van der Waals surface area (Å²) in [7, 11) is 0. The fourth-order valence-corrected chi connectivity index (χ4v) is 6.39. The van der Waals surface area contributed by atoms with Crippen LogP contribution in [0.4, 0.5) is 0 Å². The van der Waals surface area contributed by atoms with Gasteiger partial charge in [-0.05, 0) is 63.2 Å². The molecule has 0 radical (unpaired) electrons. The van der Waals surface area contributed by atoms with E-state index in [2.05, 4.69) is 102 Å². The van der Waals surface area contributed by atoms with Crippen molar-refractivity contribution in [3.05, 3.63) is 174 Å². The maximum Gasteiger partial charge on any atom is 0.227 e. The Labute approximate surface area is 271 Å². The lowest BCUT2D eigenvalue weighted by Crippen LogP contribution is -2.33. The molecule has 5 heteroatoms. The number of oxazole rings is 1. The van der Waals surface area contributed by atoms with Gasteiger partial charge in [0.2, 0.25) is 5.89 Å². The Hall–Kier alpha value is -6.33. The Morgan fingerprint density at radius 1 is 0.532 bits per heavy atom. The zero-order valence-electron chi connectivity index (χ0n) is 25.3. The molecular weight excluding hydrogens is 576 g/mol. The van der Waals surface area contributed by atoms with E-state index in [-0.39, 0.29) is 6.17 Å². The first-order chi connectivity index (χ1) is 23.3. The van der Waals surface area contributed by atoms with Crippen LogP contribution in [-0.4, -0.2) is 16.7 Å². The van der Waals surface area contributed by atoms with E-state index in [0.717, 1.165) is 71.9 Å². The van der Waals surface area contributed by atoms with Crippen LogP contribution in [0.25, 0.3) is 55.2 Å². The highest BCUT2D eigenvalue weighted by atomic mass is 16.3. The second-order valence-electron chi connectivity index (χ2n) is 11.7. The van der Waals surface area contributed by atoms with Gasteiger partial charge in [0.1, 0.15) is 17.5 Å². The van der Waals surface area contributed by atoms with Crippen molar-refractivity contribution in [1.29, 1.82) is 0 Å². The molecule has 1 unspecified atom stereocenters. The SMILES string of the molecule is c1ccc(C2=NC(c3cccc(-c4ccccc4)c3)=NC(c3ccc4c(ccc5ccc6oc(-c7ccccc7)nc6c54)c3)N2)cc1. The molecule has 1 atom stereocenters. The first-order valence-electron chi connectivity index (χ1n) is 15.7. The van der Waals surface area contributed by atoms with Crippen molar-refractivity contribution in [3.8, 4) is 22.6 Å². The zero-order chi connectivity index (χ0) is 31.2. The number of fused-ring (bicyclic) bond motifs is 5. The third kappa shape index (κ3) is 4.95. The van der Waals surface area contributed by atoms with Crippen LogP contribution in [0.5, 0.6) is 0 Å². The molecule has 222 valence electrons. The van der Waals surface area contributed by atoms with Gasteiger partial charge < -0.3 is 9.73 Å². The smallest absolute Gasteiger partial charge is 0.227 e. The number of hydrogen-bond acceptors (Lipinski definition) is 5. The summed E-state index contributed by atoms with van der Waals surface area (Å²) in [5, 5.41) is 8.06. The van der Waals surface area contributed by atoms with Crippen LogP contribution in [-0.2, 0) is 0 Å². The van der Waals surface area contributed by atoms with E-state index < -0.39 is 0 Å². The van der Waals surface area contributed by atoms with Crippen molar-refractivity contribution >= 4 is 44.3 Å². The molecule has 47 heavy (non-hydrogen) atoms. The van der Waals surface area contributed by atoms with E-state index >= 15 is 0 Å². The minimum atomic E-state index is -0.328. The third-order valence-electron chi connectivity index (χ3n) is 8.73. The highest BCUT2D eigenvalue weighted by Gasteiger charge is 2.22. The first kappa shape index (κ1) is 27.0. The summed E-state index contributed by atoms with van der Waals surface area (Å²) < 4.78 is 6.22. The maximum absolute atomic E-state index is 6.22. The summed E-state index contributed by atoms with van der Waals surface area (Å²) in [6.07, 6.45) is -0.328. The van der Waals surface area contributed by atoms with Crippen molar-refractivity contribution in [2.45, 2.75) is 6.17 Å². The van der Waals surface area contributed by atoms with Crippen LogP contribution in [0.2, 0.25) is 0 Å². The Bertz CT molecular complexity index is 2480. The van der Waals surface area contributed by atoms with Gasteiger partial charge in [0, 0.05) is 22.1 Å². The van der Waals surface area contributed by atoms with Gasteiger partial charge in [0.05, 0.1) is 0 Å². The molecule has 0 bridgehead atoms. The molecule has 0 amide bonds. The minimum absolute atomic E-state index is 0.328. The number of rotatable bonds is 5. The van der Waals surface area contributed by atoms with Gasteiger partial charge in [-0.3, -0.25) is 0 Å². The normalized spacial score (nSPS) is 14.6. The molecule has 1 N–H and O–H groups in total. The van der Waals surface area contributed by atoms with E-state index in [9.17, 15) is 0 Å². The second-order valence-corrected chi connectivity index (χ2v) is 11.7. The number of nitrogens with zero attached hydrogens (tertiary/aromatic N) is 3. The number of nitrogens with one attached hydrogen (secondary N) is 1. The van der Waals surface area contributed by atoms with Crippen LogP contribution in [0.3, 0.4) is 0 Å². The van der Waals surface area contributed by atoms with Gasteiger partial charge in [-0.2, -0.15) is 0 Å². The van der Waals surface area contributed by atoms with E-state index in [1.807, 2.05) is 60.7 Å². The molecule has 0 saturated heterocycles. The van der Waals surface area contributed by atoms with Crippen LogP contribution >= 0.6 is 0 Å². The molecule has 0 spiro atoms. The quantitative estimate of drug-likeness (QED) is 0.199. The second kappa shape index (κ2) is 11.2. The van der Waals surface area contributed by atoms with E-state index in [0.29, 0.717) is 11.7 Å². The van der Waals surface area contributed by atoms with Crippen molar-refractivity contribution in [2.75, 3.05) is 0 Å². The number of hydrogen-bond donors (Lipinski definition) is 1. The molecule has 5 nitrogen and oxygen atoms in total. The zero-order valence-corrected chi connectivity index (χ0v) is 25.3. The molecule has 2 heterocycles. The van der Waals surface area contributed by atoms with E-state index in [1.54, 1.807) is 0 Å². The Morgan fingerprint density at radius 2 is 1.19 bits per heavy atom. The molecule has 7 aromatic carbocycles. The summed E-state index contributed by atoms with van der Waals surface area (Å²) >= 11 is 0. The van der Waals surface area contributed by atoms with Gasteiger partial charge in [-0.1, -0.05) is 127 Å². The molecule has 9 rings (SSSR count). The van der Waals surface area contributed by atoms with Gasteiger partial charge in [-0.25, -0.2) is 15.0 Å². The van der Waals surface area contributed by atoms with Crippen molar-refractivity contribution in [2.24, 2.45) is 9.98 Å². The minimum Gasteiger partial charge on any atom is -0.436 e. The largest absolute Gasteiger partial charge is 0.436 e. The van der Waals surface area contributed by atoms with Gasteiger partial charge >= 0.3 is 0 Å². The Kier molecular flexibility index (Phi) is 6.46. The Balaban J connectivity index is 1.16. The molecule has 1 aliphatic heterocycles. The highest BCUT2D eigenvalue weighted by Crippen LogP contribution is 2.36. The fourth-order valence-electron chi connectivity index (χ4n) is 6.39. The topological polar surface area (TPSA) is 62.8 Å². The lowest BCUT2D eigenvalue weighted by Gasteiger charge is -2.24. The maximum atomic E-state index is 6.22. The first-order valence-corrected chi connectivity index (χ1v) is 15.7. The van der Waals surface area contributed by atoms with Crippen molar-refractivity contribution in [1.82, 2.24) is 10.3 Å². The lowest BCUT2D eigenvalue weighted by molar-refractivity contribution is 0.620. The molecular formula is C42H28N4O. The van der Waals surface area contributed by atoms with Crippen LogP contribution < -0.4 is 5.32 Å². The Morgan fingerprint density at radius 3 is 1.98 bits per heavy atom. The summed E-state index contributed by atoms with van der Waals surface area (Å²) in [5.74, 6) is 2.11. The average molecular weight is 605 g/mol. The molecule has 0 fully saturated rings. The molecule has 0 aliphatic carbocycles. The fraction of sp³-hybridized carbons (Fsp3) is 0.0238. The number of amidine groups is 2. The van der Waals surface area contributed by atoms with E-state index in [1.165, 1.54) is 0 Å². The van der Waals surface area contributed by atoms with Crippen LogP contribution in [0.1, 0.15) is 22.9 Å². The predicted octanol–water partition coefficient (Wildman–Crippen LogP) is 9.96. The standard InChI is InChI=1S/C42H28N4O/c1-4-11-27(12-5-1)31-17-10-18-33(25-31)40-44-39(29-13-6-2-7-14-29)45-41(46-40)34-21-23-35-32(26-34)20-19-28-22-24-36-38(37(28)35)43-42(47-36)30-15-8-3-9-16-30/h1-26,41H,(H,44,45,46). The van der Waals surface area contributed by atoms with Gasteiger partial charge in [-0.15, -0.1) is 0 Å². The molecule has 1 aliphatic rings. The molecule has 1 aromatic heterocycles. The summed E-state index contributed by atoms with van der Waals surface area (Å²) in [6, 6.07) is 54.1. The number of benzene rings is 7. The summed E-state index contributed by atoms with van der Waals surface area (Å²) in [4.78, 5) is 15.2. The lowest BCUT2D eigenvalue weighted by atomic mass is 9.98. The van der Waals surface area contributed by atoms with Crippen LogP contribution in [0.15, 0.2) is 172 Å². The van der Waals surface area contributed by atoms with Gasteiger partial charge in [0.25, 0.3) is 0 Å². The van der Waals surface area contributed by atoms with Gasteiger partial charge in [0.15, 0.2) is 11.4 Å². The van der Waals surface area contributed by atoms with Crippen molar-refractivity contribution in [3.63, 3.8) is 0 Å². The number of aromatic nitrogens is 1. The summed E-state index contributed by atoms with van der Waals surface area (Å²) in [6.45, 7) is 0. The summed E-state index contributed by atoms with van der Waals surface area (Å²) in [5.41, 5.74) is 7.93. The predicted molar refractivity (Wildman–Crippen MR) is 192 cm³/mol. The molecule has 8 aromatic rings. The number of aliphatic imine (C=N–C) groups is 2. The highest BCUT2D eigenvalue weighted by molar-refractivity contribution is 6.18. The van der Waals surface area contributed by atoms with Crippen LogP contribution in [0, 0.1) is 0 Å². The van der Waals surface area contributed by atoms with Crippen molar-refractivity contribution < 1.29 is 4.42 Å². The molecule has 0 saturated carbocycles. The van der Waals surface area contributed by atoms with E-state index in [4.69, 9.17) is 19.4 Å². The average Bonchev–Trinajstić information content (AvgIpc) is 3.60. The monoisotopic (exact) mass is 604 g/mol. The third-order valence-corrected chi connectivity index (χ3v) is 8.73.